The number of aryl methyl sites for hydroxylation is 1. The predicted octanol–water partition coefficient (Wildman–Crippen LogP) is 4.70. The molecule has 0 unspecified atom stereocenters. The fourth-order valence-corrected chi connectivity index (χ4v) is 2.76. The van der Waals surface area contributed by atoms with Crippen molar-refractivity contribution in [2.75, 3.05) is 5.32 Å². The Balaban J connectivity index is 1.63. The molecule has 0 saturated heterocycles. The van der Waals surface area contributed by atoms with Gasteiger partial charge in [-0.3, -0.25) is 4.79 Å². The zero-order valence-corrected chi connectivity index (χ0v) is 14.9. The van der Waals surface area contributed by atoms with Crippen molar-refractivity contribution in [3.05, 3.63) is 71.0 Å². The zero-order chi connectivity index (χ0) is 19.4. The number of anilines is 1. The highest BCUT2D eigenvalue weighted by atomic mass is 32.1. The number of hydrogen-bond donors (Lipinski definition) is 1. The number of ether oxygens (including phenoxy) is 1. The van der Waals surface area contributed by atoms with Crippen LogP contribution in [0.3, 0.4) is 0 Å². The van der Waals surface area contributed by atoms with E-state index in [1.807, 2.05) is 6.92 Å². The standard InChI is InChI=1S/C18H14F3N3O2S/c1-11-16(24-27-23-11)10-26-15-7-5-12(6-8-15)17(25)22-14-4-2-3-13(9-14)18(19,20)21/h2-9H,10H2,1H3,(H,22,25). The number of nitrogens with one attached hydrogen (secondary N) is 1. The summed E-state index contributed by atoms with van der Waals surface area (Å²) >= 11 is 1.11. The van der Waals surface area contributed by atoms with E-state index in [0.717, 1.165) is 35.2 Å². The Kier molecular flexibility index (Phi) is 5.41. The van der Waals surface area contributed by atoms with Gasteiger partial charge >= 0.3 is 6.18 Å². The number of carbonyl (C=O) groups excluding carboxylic acids is 1. The molecule has 1 amide bonds. The van der Waals surface area contributed by atoms with E-state index in [0.29, 0.717) is 11.3 Å². The minimum Gasteiger partial charge on any atom is -0.487 e. The van der Waals surface area contributed by atoms with E-state index in [9.17, 15) is 18.0 Å². The van der Waals surface area contributed by atoms with Crippen LogP contribution in [-0.2, 0) is 12.8 Å². The molecular weight excluding hydrogens is 379 g/mol. The molecule has 0 aliphatic heterocycles. The number of halogens is 3. The molecule has 1 heterocycles. The Morgan fingerprint density at radius 3 is 2.52 bits per heavy atom. The van der Waals surface area contributed by atoms with Gasteiger partial charge in [0.2, 0.25) is 0 Å². The van der Waals surface area contributed by atoms with Gasteiger partial charge in [0.05, 0.1) is 23.0 Å². The Morgan fingerprint density at radius 1 is 1.15 bits per heavy atom. The highest BCUT2D eigenvalue weighted by molar-refractivity contribution is 6.99. The van der Waals surface area contributed by atoms with Crippen LogP contribution in [0.1, 0.15) is 27.3 Å². The topological polar surface area (TPSA) is 64.1 Å². The van der Waals surface area contributed by atoms with Crippen LogP contribution in [0.15, 0.2) is 48.5 Å². The van der Waals surface area contributed by atoms with Gasteiger partial charge in [-0.25, -0.2) is 0 Å². The van der Waals surface area contributed by atoms with Crippen LogP contribution >= 0.6 is 11.7 Å². The van der Waals surface area contributed by atoms with Crippen LogP contribution in [0.2, 0.25) is 0 Å². The van der Waals surface area contributed by atoms with E-state index >= 15 is 0 Å². The van der Waals surface area contributed by atoms with Gasteiger partial charge in [-0.05, 0) is 49.4 Å². The lowest BCUT2D eigenvalue weighted by Crippen LogP contribution is -2.13. The number of alkyl halides is 3. The summed E-state index contributed by atoms with van der Waals surface area (Å²) in [6, 6.07) is 10.8. The van der Waals surface area contributed by atoms with Crippen molar-refractivity contribution in [1.82, 2.24) is 8.75 Å². The second-order valence-electron chi connectivity index (χ2n) is 5.64. The maximum atomic E-state index is 12.7. The molecule has 0 aliphatic rings. The smallest absolute Gasteiger partial charge is 0.416 e. The summed E-state index contributed by atoms with van der Waals surface area (Å²) in [5.41, 5.74) is 1.09. The molecule has 1 N–H and O–H groups in total. The summed E-state index contributed by atoms with van der Waals surface area (Å²) in [6.07, 6.45) is -4.47. The van der Waals surface area contributed by atoms with Crippen LogP contribution in [0, 0.1) is 6.92 Å². The third-order valence-corrected chi connectivity index (χ3v) is 4.34. The van der Waals surface area contributed by atoms with Crippen LogP contribution in [0.25, 0.3) is 0 Å². The Bertz CT molecular complexity index is 940. The molecule has 9 heteroatoms. The molecule has 3 rings (SSSR count). The molecule has 0 saturated carbocycles. The molecule has 140 valence electrons. The molecule has 27 heavy (non-hydrogen) atoms. The van der Waals surface area contributed by atoms with Crippen molar-refractivity contribution in [3.8, 4) is 5.75 Å². The average molecular weight is 393 g/mol. The second-order valence-corrected chi connectivity index (χ2v) is 6.17. The summed E-state index contributed by atoms with van der Waals surface area (Å²) in [6.45, 7) is 2.10. The van der Waals surface area contributed by atoms with Gasteiger partial charge in [0, 0.05) is 11.3 Å². The van der Waals surface area contributed by atoms with Gasteiger partial charge in [-0.15, -0.1) is 0 Å². The molecule has 0 fully saturated rings. The summed E-state index contributed by atoms with van der Waals surface area (Å²) in [4.78, 5) is 12.2. The lowest BCUT2D eigenvalue weighted by atomic mass is 10.1. The van der Waals surface area contributed by atoms with Gasteiger partial charge in [-0.2, -0.15) is 21.9 Å². The van der Waals surface area contributed by atoms with Crippen molar-refractivity contribution >= 4 is 23.3 Å². The summed E-state index contributed by atoms with van der Waals surface area (Å²) in [5.74, 6) is 0.0263. The third kappa shape index (κ3) is 4.82. The van der Waals surface area contributed by atoms with E-state index in [1.165, 1.54) is 24.3 Å². The lowest BCUT2D eigenvalue weighted by molar-refractivity contribution is -0.137. The number of hydrogen-bond acceptors (Lipinski definition) is 5. The quantitative estimate of drug-likeness (QED) is 0.683. The lowest BCUT2D eigenvalue weighted by Gasteiger charge is -2.10. The van der Waals surface area contributed by atoms with Gasteiger partial charge in [-0.1, -0.05) is 6.07 Å². The molecular formula is C18H14F3N3O2S. The SMILES string of the molecule is Cc1nsnc1COc1ccc(C(=O)Nc2cccc(C(F)(F)F)c2)cc1. The summed E-state index contributed by atoms with van der Waals surface area (Å²) in [5, 5.41) is 2.46. The maximum absolute atomic E-state index is 12.7. The van der Waals surface area contributed by atoms with Crippen molar-refractivity contribution in [1.29, 1.82) is 0 Å². The van der Waals surface area contributed by atoms with Crippen molar-refractivity contribution < 1.29 is 22.7 Å². The van der Waals surface area contributed by atoms with E-state index < -0.39 is 17.6 Å². The highest BCUT2D eigenvalue weighted by Gasteiger charge is 2.30. The highest BCUT2D eigenvalue weighted by Crippen LogP contribution is 2.30. The first-order valence-corrected chi connectivity index (χ1v) is 8.55. The molecule has 0 bridgehead atoms. The summed E-state index contributed by atoms with van der Waals surface area (Å²) < 4.78 is 52.0. The molecule has 0 spiro atoms. The number of benzene rings is 2. The minimum absolute atomic E-state index is 0.0710. The third-order valence-electron chi connectivity index (χ3n) is 3.69. The molecule has 3 aromatic rings. The second kappa shape index (κ2) is 7.75. The number of aromatic nitrogens is 2. The van der Waals surface area contributed by atoms with E-state index in [2.05, 4.69) is 14.1 Å². The Hall–Kier alpha value is -2.94. The molecule has 0 atom stereocenters. The van der Waals surface area contributed by atoms with Crippen molar-refractivity contribution in [3.63, 3.8) is 0 Å². The number of carbonyl (C=O) groups is 1. The van der Waals surface area contributed by atoms with E-state index in [1.54, 1.807) is 12.1 Å². The largest absolute Gasteiger partial charge is 0.487 e. The first-order valence-electron chi connectivity index (χ1n) is 7.82. The van der Waals surface area contributed by atoms with E-state index in [4.69, 9.17) is 4.74 Å². The number of nitrogens with zero attached hydrogens (tertiary/aromatic N) is 2. The van der Waals surface area contributed by atoms with Gasteiger partial charge < -0.3 is 10.1 Å². The number of rotatable bonds is 5. The van der Waals surface area contributed by atoms with Crippen LogP contribution in [0.5, 0.6) is 5.75 Å². The van der Waals surface area contributed by atoms with Crippen LogP contribution in [-0.4, -0.2) is 14.7 Å². The predicted molar refractivity (Wildman–Crippen MR) is 94.8 cm³/mol. The van der Waals surface area contributed by atoms with Gasteiger partial charge in [0.1, 0.15) is 18.1 Å². The fourth-order valence-electron chi connectivity index (χ4n) is 2.21. The first-order chi connectivity index (χ1) is 12.8. The van der Waals surface area contributed by atoms with Crippen LogP contribution < -0.4 is 10.1 Å². The maximum Gasteiger partial charge on any atom is 0.416 e. The van der Waals surface area contributed by atoms with Crippen LogP contribution in [0.4, 0.5) is 18.9 Å². The monoisotopic (exact) mass is 393 g/mol. The van der Waals surface area contributed by atoms with Gasteiger partial charge in [0.15, 0.2) is 0 Å². The normalized spacial score (nSPS) is 11.3. The molecule has 1 aromatic heterocycles. The van der Waals surface area contributed by atoms with Gasteiger partial charge in [0.25, 0.3) is 5.91 Å². The van der Waals surface area contributed by atoms with E-state index in [-0.39, 0.29) is 12.3 Å². The molecule has 0 radical (unpaired) electrons. The zero-order valence-electron chi connectivity index (χ0n) is 14.1. The fraction of sp³-hybridized carbons (Fsp3) is 0.167. The minimum atomic E-state index is -4.47. The molecule has 2 aromatic carbocycles. The number of amides is 1. The Labute approximate surface area is 157 Å². The molecule has 0 aliphatic carbocycles. The Morgan fingerprint density at radius 2 is 1.89 bits per heavy atom. The molecule has 5 nitrogen and oxygen atoms in total. The average Bonchev–Trinajstić information content (AvgIpc) is 3.05. The summed E-state index contributed by atoms with van der Waals surface area (Å²) in [7, 11) is 0. The van der Waals surface area contributed by atoms with Crippen molar-refractivity contribution in [2.24, 2.45) is 0 Å². The first kappa shape index (κ1) is 18.8. The van der Waals surface area contributed by atoms with Crippen molar-refractivity contribution in [2.45, 2.75) is 19.7 Å².